The topological polar surface area (TPSA) is 59.4 Å². The Kier molecular flexibility index (Phi) is 4.74. The molecule has 1 N–H and O–H groups in total. The Balaban J connectivity index is 1.11. The fraction of sp³-hybridized carbons (Fsp3) is 0.391. The third kappa shape index (κ3) is 3.43. The van der Waals surface area contributed by atoms with E-state index < -0.39 is 0 Å². The van der Waals surface area contributed by atoms with E-state index in [1.807, 2.05) is 6.20 Å². The number of halogens is 1. The molecule has 0 radical (unpaired) electrons. The van der Waals surface area contributed by atoms with Gasteiger partial charge in [0, 0.05) is 49.8 Å². The lowest BCUT2D eigenvalue weighted by molar-refractivity contribution is 0.296. The average molecular weight is 439 g/mol. The molecule has 2 aromatic heterocycles. The molecular weight excluding hydrogens is 415 g/mol. The molecule has 31 heavy (non-hydrogen) atoms. The molecule has 8 heteroatoms. The summed E-state index contributed by atoms with van der Waals surface area (Å²) in [4.78, 5) is 20.4. The van der Waals surface area contributed by atoms with Crippen molar-refractivity contribution in [3.8, 4) is 5.75 Å². The molecule has 5 heterocycles. The molecule has 0 amide bonds. The number of hydrogen-bond donors (Lipinski definition) is 1. The Labute approximate surface area is 183 Å². The monoisotopic (exact) mass is 438 g/mol. The number of ether oxygens (including phenoxy) is 1. The van der Waals surface area contributed by atoms with E-state index >= 15 is 0 Å². The van der Waals surface area contributed by atoms with E-state index in [9.17, 15) is 9.18 Å². The van der Waals surface area contributed by atoms with Crippen LogP contribution in [0.25, 0.3) is 10.9 Å². The number of benzene rings is 1. The molecule has 1 fully saturated rings. The Morgan fingerprint density at radius 3 is 3.10 bits per heavy atom. The summed E-state index contributed by atoms with van der Waals surface area (Å²) in [6.07, 6.45) is 2.86. The predicted octanol–water partition coefficient (Wildman–Crippen LogP) is 2.94. The zero-order valence-corrected chi connectivity index (χ0v) is 17.8. The summed E-state index contributed by atoms with van der Waals surface area (Å²) < 4.78 is 22.0. The van der Waals surface area contributed by atoms with Crippen LogP contribution in [0.5, 0.6) is 5.75 Å². The maximum absolute atomic E-state index is 14.7. The Morgan fingerprint density at radius 1 is 1.26 bits per heavy atom. The van der Waals surface area contributed by atoms with Gasteiger partial charge in [-0.15, -0.1) is 0 Å². The first-order valence-corrected chi connectivity index (χ1v) is 11.7. The SMILES string of the molecule is O=c1ccc2ccc(F)c3c2n1CC3CN1CCC(NCc2cc3c(cn2)OCS3)C1. The molecule has 1 aromatic carbocycles. The predicted molar refractivity (Wildman–Crippen MR) is 118 cm³/mol. The van der Waals surface area contributed by atoms with Gasteiger partial charge in [-0.05, 0) is 42.6 Å². The number of rotatable bonds is 5. The van der Waals surface area contributed by atoms with Crippen molar-refractivity contribution >= 4 is 22.7 Å². The lowest BCUT2D eigenvalue weighted by Gasteiger charge is -2.21. The summed E-state index contributed by atoms with van der Waals surface area (Å²) in [6.45, 7) is 3.94. The van der Waals surface area contributed by atoms with E-state index in [4.69, 9.17) is 4.74 Å². The van der Waals surface area contributed by atoms with Crippen LogP contribution in [0.15, 0.2) is 46.2 Å². The van der Waals surface area contributed by atoms with E-state index in [0.29, 0.717) is 24.1 Å². The van der Waals surface area contributed by atoms with Crippen LogP contribution in [0, 0.1) is 5.82 Å². The molecule has 6 rings (SSSR count). The number of nitrogens with one attached hydrogen (secondary N) is 1. The van der Waals surface area contributed by atoms with Crippen molar-refractivity contribution in [1.29, 1.82) is 0 Å². The second kappa shape index (κ2) is 7.62. The van der Waals surface area contributed by atoms with Crippen LogP contribution in [-0.2, 0) is 13.1 Å². The largest absolute Gasteiger partial charge is 0.480 e. The van der Waals surface area contributed by atoms with Crippen molar-refractivity contribution in [2.75, 3.05) is 25.6 Å². The number of thioether (sulfide) groups is 1. The van der Waals surface area contributed by atoms with Gasteiger partial charge in [-0.3, -0.25) is 9.78 Å². The highest BCUT2D eigenvalue weighted by Crippen LogP contribution is 2.36. The number of fused-ring (bicyclic) bond motifs is 1. The zero-order chi connectivity index (χ0) is 20.9. The maximum atomic E-state index is 14.7. The third-order valence-electron chi connectivity index (χ3n) is 6.59. The summed E-state index contributed by atoms with van der Waals surface area (Å²) in [5, 5.41) is 4.55. The molecule has 1 saturated heterocycles. The highest BCUT2D eigenvalue weighted by Gasteiger charge is 2.32. The fourth-order valence-corrected chi connectivity index (χ4v) is 5.88. The summed E-state index contributed by atoms with van der Waals surface area (Å²) in [5.74, 6) is 1.34. The third-order valence-corrected chi connectivity index (χ3v) is 7.45. The number of pyridine rings is 2. The van der Waals surface area contributed by atoms with Crippen LogP contribution in [-0.4, -0.2) is 46.1 Å². The minimum absolute atomic E-state index is 0.00736. The van der Waals surface area contributed by atoms with Gasteiger partial charge in [-0.1, -0.05) is 11.8 Å². The van der Waals surface area contributed by atoms with Crippen molar-refractivity contribution in [3.63, 3.8) is 0 Å². The van der Waals surface area contributed by atoms with Crippen LogP contribution in [0.4, 0.5) is 4.39 Å². The van der Waals surface area contributed by atoms with E-state index in [0.717, 1.165) is 59.8 Å². The molecule has 0 spiro atoms. The first kappa shape index (κ1) is 19.3. The number of hydrogen-bond acceptors (Lipinski definition) is 6. The van der Waals surface area contributed by atoms with Gasteiger partial charge in [-0.25, -0.2) is 4.39 Å². The number of nitrogens with zero attached hydrogens (tertiary/aromatic N) is 3. The molecule has 0 aliphatic carbocycles. The Morgan fingerprint density at radius 2 is 2.16 bits per heavy atom. The van der Waals surface area contributed by atoms with Crippen molar-refractivity contribution in [1.82, 2.24) is 19.8 Å². The quantitative estimate of drug-likeness (QED) is 0.661. The molecule has 2 atom stereocenters. The first-order chi connectivity index (χ1) is 15.2. The van der Waals surface area contributed by atoms with Gasteiger partial charge in [0.2, 0.25) is 0 Å². The minimum Gasteiger partial charge on any atom is -0.480 e. The van der Waals surface area contributed by atoms with Crippen LogP contribution in [0.2, 0.25) is 0 Å². The second-order valence-corrected chi connectivity index (χ2v) is 9.50. The van der Waals surface area contributed by atoms with Crippen LogP contribution >= 0.6 is 11.8 Å². The molecule has 2 unspecified atom stereocenters. The summed E-state index contributed by atoms with van der Waals surface area (Å²) in [5.41, 5.74) is 2.45. The van der Waals surface area contributed by atoms with Crippen molar-refractivity contribution in [3.05, 3.63) is 64.0 Å². The van der Waals surface area contributed by atoms with Gasteiger partial charge >= 0.3 is 0 Å². The molecule has 3 aliphatic heterocycles. The summed E-state index contributed by atoms with van der Waals surface area (Å²) in [6, 6.07) is 9.16. The summed E-state index contributed by atoms with van der Waals surface area (Å²) in [7, 11) is 0. The molecule has 0 saturated carbocycles. The van der Waals surface area contributed by atoms with Crippen molar-refractivity contribution in [2.24, 2.45) is 0 Å². The molecule has 6 nitrogen and oxygen atoms in total. The molecule has 160 valence electrons. The zero-order valence-electron chi connectivity index (χ0n) is 17.0. The molecule has 0 bridgehead atoms. The van der Waals surface area contributed by atoms with Gasteiger partial charge < -0.3 is 19.5 Å². The Bertz CT molecular complexity index is 1230. The smallest absolute Gasteiger partial charge is 0.251 e. The fourth-order valence-electron chi connectivity index (χ4n) is 5.09. The normalized spacial score (nSPS) is 22.2. The van der Waals surface area contributed by atoms with E-state index in [-0.39, 0.29) is 17.3 Å². The Hall–Kier alpha value is -2.42. The van der Waals surface area contributed by atoms with Crippen molar-refractivity contribution < 1.29 is 9.13 Å². The average Bonchev–Trinajstić information content (AvgIpc) is 3.50. The van der Waals surface area contributed by atoms with Gasteiger partial charge in [0.25, 0.3) is 5.56 Å². The number of likely N-dealkylation sites (tertiary alicyclic amines) is 1. The van der Waals surface area contributed by atoms with Gasteiger partial charge in [0.05, 0.1) is 22.3 Å². The van der Waals surface area contributed by atoms with E-state index in [1.54, 1.807) is 34.5 Å². The highest BCUT2D eigenvalue weighted by atomic mass is 32.2. The highest BCUT2D eigenvalue weighted by molar-refractivity contribution is 7.99. The van der Waals surface area contributed by atoms with Crippen LogP contribution in [0.3, 0.4) is 0 Å². The lowest BCUT2D eigenvalue weighted by Crippen LogP contribution is -2.34. The molecule has 3 aromatic rings. The lowest BCUT2D eigenvalue weighted by atomic mass is 9.98. The van der Waals surface area contributed by atoms with Gasteiger partial charge in [0.15, 0.2) is 5.75 Å². The maximum Gasteiger partial charge on any atom is 0.251 e. The minimum atomic E-state index is -0.201. The van der Waals surface area contributed by atoms with Crippen LogP contribution in [0.1, 0.15) is 23.6 Å². The first-order valence-electron chi connectivity index (χ1n) is 10.7. The number of aromatic nitrogens is 2. The molecular formula is C23H23FN4O2S. The molecule has 3 aliphatic rings. The van der Waals surface area contributed by atoms with Crippen LogP contribution < -0.4 is 15.6 Å². The van der Waals surface area contributed by atoms with Gasteiger partial charge in [0.1, 0.15) is 11.8 Å². The van der Waals surface area contributed by atoms with E-state index in [2.05, 4.69) is 21.3 Å². The summed E-state index contributed by atoms with van der Waals surface area (Å²) >= 11 is 1.70. The van der Waals surface area contributed by atoms with Gasteiger partial charge in [-0.2, -0.15) is 0 Å². The van der Waals surface area contributed by atoms with E-state index in [1.165, 1.54) is 6.07 Å². The standard InChI is InChI=1S/C23H23FN4O2S/c24-18-3-1-14-2-4-21(29)28-11-15(22(18)23(14)28)10-27-6-5-16(12-27)25-8-17-7-20-19(9-26-17)30-13-31-20/h1-4,7,9,15-16,25H,5-6,8,10-13H2. The van der Waals surface area contributed by atoms with Crippen molar-refractivity contribution in [2.45, 2.75) is 36.4 Å². The second-order valence-electron chi connectivity index (χ2n) is 8.53.